The SMILES string of the molecule is COc1ccc(/C(N)=N/O)cc1CNCC1(O)CCCC1. The number of nitrogens with zero attached hydrogens (tertiary/aromatic N) is 1. The third kappa shape index (κ3) is 3.86. The molecule has 5 N–H and O–H groups in total. The average Bonchev–Trinajstić information content (AvgIpc) is 2.93. The molecule has 1 aliphatic carbocycles. The molecule has 0 atom stereocenters. The number of hydrogen-bond donors (Lipinski definition) is 4. The molecule has 1 aliphatic rings. The second kappa shape index (κ2) is 6.78. The van der Waals surface area contributed by atoms with Gasteiger partial charge in [0.15, 0.2) is 5.84 Å². The molecule has 0 bridgehead atoms. The fourth-order valence-corrected chi connectivity index (χ4v) is 2.77. The van der Waals surface area contributed by atoms with Crippen molar-refractivity contribution in [3.63, 3.8) is 0 Å². The Kier molecular flexibility index (Phi) is 5.03. The first-order valence-corrected chi connectivity index (χ1v) is 7.16. The van der Waals surface area contributed by atoms with E-state index in [1.165, 1.54) is 0 Å². The average molecular weight is 293 g/mol. The molecule has 0 radical (unpaired) electrons. The molecular formula is C15H23N3O3. The Morgan fingerprint density at radius 2 is 2.14 bits per heavy atom. The summed E-state index contributed by atoms with van der Waals surface area (Å²) in [6.45, 7) is 1.11. The summed E-state index contributed by atoms with van der Waals surface area (Å²) in [4.78, 5) is 0. The van der Waals surface area contributed by atoms with Gasteiger partial charge in [0.2, 0.25) is 0 Å². The molecule has 6 nitrogen and oxygen atoms in total. The second-order valence-corrected chi connectivity index (χ2v) is 5.55. The summed E-state index contributed by atoms with van der Waals surface area (Å²) in [5, 5.41) is 25.3. The first kappa shape index (κ1) is 15.6. The lowest BCUT2D eigenvalue weighted by atomic mass is 10.0. The minimum absolute atomic E-state index is 0.0633. The maximum Gasteiger partial charge on any atom is 0.170 e. The van der Waals surface area contributed by atoms with Crippen LogP contribution in [-0.4, -0.2) is 35.4 Å². The lowest BCUT2D eigenvalue weighted by Crippen LogP contribution is -2.37. The topological polar surface area (TPSA) is 100 Å². The Bertz CT molecular complexity index is 511. The van der Waals surface area contributed by atoms with Crippen LogP contribution in [0.25, 0.3) is 0 Å². The zero-order valence-corrected chi connectivity index (χ0v) is 12.3. The molecular weight excluding hydrogens is 270 g/mol. The quantitative estimate of drug-likeness (QED) is 0.273. The van der Waals surface area contributed by atoms with Gasteiger partial charge in [-0.3, -0.25) is 0 Å². The molecule has 116 valence electrons. The van der Waals surface area contributed by atoms with Crippen molar-refractivity contribution in [3.8, 4) is 5.75 Å². The summed E-state index contributed by atoms with van der Waals surface area (Å²) in [6.07, 6.45) is 3.86. The molecule has 2 rings (SSSR count). The van der Waals surface area contributed by atoms with Gasteiger partial charge >= 0.3 is 0 Å². The van der Waals surface area contributed by atoms with Gasteiger partial charge in [0, 0.05) is 24.2 Å². The summed E-state index contributed by atoms with van der Waals surface area (Å²) in [5.74, 6) is 0.795. The van der Waals surface area contributed by atoms with Gasteiger partial charge in [-0.1, -0.05) is 18.0 Å². The van der Waals surface area contributed by atoms with Gasteiger partial charge in [0.25, 0.3) is 0 Å². The van der Waals surface area contributed by atoms with Crippen LogP contribution >= 0.6 is 0 Å². The molecule has 0 heterocycles. The first-order chi connectivity index (χ1) is 10.1. The van der Waals surface area contributed by atoms with E-state index in [9.17, 15) is 5.11 Å². The van der Waals surface area contributed by atoms with E-state index in [0.29, 0.717) is 18.7 Å². The van der Waals surface area contributed by atoms with Crippen LogP contribution < -0.4 is 15.8 Å². The number of oxime groups is 1. The Balaban J connectivity index is 2.03. The summed E-state index contributed by atoms with van der Waals surface area (Å²) in [5.41, 5.74) is 6.56. The summed E-state index contributed by atoms with van der Waals surface area (Å²) < 4.78 is 5.32. The van der Waals surface area contributed by atoms with Gasteiger partial charge in [0.1, 0.15) is 5.75 Å². The number of nitrogens with one attached hydrogen (secondary N) is 1. The highest BCUT2D eigenvalue weighted by Crippen LogP contribution is 2.29. The number of hydrogen-bond acceptors (Lipinski definition) is 5. The maximum atomic E-state index is 10.3. The zero-order chi connectivity index (χ0) is 15.3. The smallest absolute Gasteiger partial charge is 0.170 e. The molecule has 1 aromatic rings. The highest BCUT2D eigenvalue weighted by Gasteiger charge is 2.30. The predicted octanol–water partition coefficient (Wildman–Crippen LogP) is 1.18. The van der Waals surface area contributed by atoms with Crippen LogP contribution in [0, 0.1) is 0 Å². The van der Waals surface area contributed by atoms with Crippen molar-refractivity contribution >= 4 is 5.84 Å². The standard InChI is InChI=1S/C15H23N3O3/c1-21-13-5-4-11(14(16)18-20)8-12(13)9-17-10-15(19)6-2-3-7-15/h4-5,8,17,19-20H,2-3,6-7,9-10H2,1H3,(H2,16,18). The van der Waals surface area contributed by atoms with Gasteiger partial charge < -0.3 is 26.1 Å². The summed E-state index contributed by atoms with van der Waals surface area (Å²) in [6, 6.07) is 5.34. The number of nitrogens with two attached hydrogens (primary N) is 1. The van der Waals surface area contributed by atoms with Gasteiger partial charge in [-0.15, -0.1) is 0 Å². The monoisotopic (exact) mass is 293 g/mol. The number of ether oxygens (including phenoxy) is 1. The number of benzene rings is 1. The molecule has 21 heavy (non-hydrogen) atoms. The lowest BCUT2D eigenvalue weighted by molar-refractivity contribution is 0.0474. The fraction of sp³-hybridized carbons (Fsp3) is 0.533. The van der Waals surface area contributed by atoms with Gasteiger partial charge in [-0.2, -0.15) is 0 Å². The zero-order valence-electron chi connectivity index (χ0n) is 12.3. The van der Waals surface area contributed by atoms with Crippen LogP contribution in [0.1, 0.15) is 36.8 Å². The molecule has 0 spiro atoms. The number of rotatable bonds is 6. The van der Waals surface area contributed by atoms with E-state index in [1.54, 1.807) is 19.2 Å². The van der Waals surface area contributed by atoms with Gasteiger partial charge in [-0.05, 0) is 31.0 Å². The minimum Gasteiger partial charge on any atom is -0.496 e. The molecule has 1 fully saturated rings. The normalized spacial score (nSPS) is 17.9. The van der Waals surface area contributed by atoms with E-state index in [-0.39, 0.29) is 5.84 Å². The highest BCUT2D eigenvalue weighted by atomic mass is 16.5. The Morgan fingerprint density at radius 1 is 1.43 bits per heavy atom. The minimum atomic E-state index is -0.587. The van der Waals surface area contributed by atoms with Crippen LogP contribution in [0.2, 0.25) is 0 Å². The fourth-order valence-electron chi connectivity index (χ4n) is 2.77. The third-order valence-electron chi connectivity index (χ3n) is 3.99. The third-order valence-corrected chi connectivity index (χ3v) is 3.99. The van der Waals surface area contributed by atoms with Crippen LogP contribution in [-0.2, 0) is 6.54 Å². The summed E-state index contributed by atoms with van der Waals surface area (Å²) in [7, 11) is 1.60. The molecule has 1 saturated carbocycles. The van der Waals surface area contributed by atoms with Crippen molar-refractivity contribution in [1.82, 2.24) is 5.32 Å². The molecule has 0 aliphatic heterocycles. The van der Waals surface area contributed by atoms with Crippen LogP contribution in [0.4, 0.5) is 0 Å². The molecule has 0 saturated heterocycles. The Morgan fingerprint density at radius 3 is 2.76 bits per heavy atom. The first-order valence-electron chi connectivity index (χ1n) is 7.16. The number of methoxy groups -OCH3 is 1. The van der Waals surface area contributed by atoms with Crippen molar-refractivity contribution in [2.24, 2.45) is 10.9 Å². The molecule has 0 aromatic heterocycles. The lowest BCUT2D eigenvalue weighted by Gasteiger charge is -2.22. The van der Waals surface area contributed by atoms with Crippen molar-refractivity contribution in [1.29, 1.82) is 0 Å². The van der Waals surface area contributed by atoms with E-state index in [2.05, 4.69) is 10.5 Å². The molecule has 6 heteroatoms. The molecule has 0 unspecified atom stereocenters. The van der Waals surface area contributed by atoms with Crippen LogP contribution in [0.3, 0.4) is 0 Å². The van der Waals surface area contributed by atoms with Crippen LogP contribution in [0.5, 0.6) is 5.75 Å². The predicted molar refractivity (Wildman–Crippen MR) is 80.6 cm³/mol. The largest absolute Gasteiger partial charge is 0.496 e. The Labute approximate surface area is 124 Å². The van der Waals surface area contributed by atoms with E-state index in [0.717, 1.165) is 37.0 Å². The maximum absolute atomic E-state index is 10.3. The van der Waals surface area contributed by atoms with Crippen molar-refractivity contribution < 1.29 is 15.1 Å². The number of amidine groups is 1. The van der Waals surface area contributed by atoms with E-state index in [4.69, 9.17) is 15.7 Å². The summed E-state index contributed by atoms with van der Waals surface area (Å²) >= 11 is 0. The van der Waals surface area contributed by atoms with E-state index in [1.807, 2.05) is 6.07 Å². The Hall–Kier alpha value is -1.79. The van der Waals surface area contributed by atoms with Crippen molar-refractivity contribution in [2.75, 3.05) is 13.7 Å². The highest BCUT2D eigenvalue weighted by molar-refractivity contribution is 5.97. The van der Waals surface area contributed by atoms with Crippen LogP contribution in [0.15, 0.2) is 23.4 Å². The van der Waals surface area contributed by atoms with Gasteiger partial charge in [-0.25, -0.2) is 0 Å². The van der Waals surface area contributed by atoms with Gasteiger partial charge in [0.05, 0.1) is 12.7 Å². The van der Waals surface area contributed by atoms with E-state index < -0.39 is 5.60 Å². The molecule has 1 aromatic carbocycles. The second-order valence-electron chi connectivity index (χ2n) is 5.55. The van der Waals surface area contributed by atoms with Crippen molar-refractivity contribution in [2.45, 2.75) is 37.8 Å². The number of aliphatic hydroxyl groups is 1. The van der Waals surface area contributed by atoms with E-state index >= 15 is 0 Å². The molecule has 0 amide bonds. The van der Waals surface area contributed by atoms with Crippen molar-refractivity contribution in [3.05, 3.63) is 29.3 Å².